The molecule has 0 bridgehead atoms. The number of hydrogen-bond donors (Lipinski definition) is 2. The molecule has 0 aliphatic carbocycles. The van der Waals surface area contributed by atoms with Crippen molar-refractivity contribution in [3.8, 4) is 0 Å². The molecule has 2 rings (SSSR count). The number of hydrogen-bond acceptors (Lipinski definition) is 3. The van der Waals surface area contributed by atoms with Gasteiger partial charge in [-0.05, 0) is 36.8 Å². The van der Waals surface area contributed by atoms with Crippen LogP contribution in [0.15, 0.2) is 12.1 Å². The summed E-state index contributed by atoms with van der Waals surface area (Å²) in [5.74, 6) is -1.86. The van der Waals surface area contributed by atoms with Crippen LogP contribution in [0, 0.1) is 11.2 Å². The Morgan fingerprint density at radius 3 is 2.70 bits per heavy atom. The smallest absolute Gasteiger partial charge is 0.340 e. The van der Waals surface area contributed by atoms with E-state index in [1.165, 1.54) is 12.1 Å². The molecular formula is C15H21FN2O2. The highest BCUT2D eigenvalue weighted by Crippen LogP contribution is 2.34. The second-order valence-corrected chi connectivity index (χ2v) is 6.17. The number of carboxylic acids is 1. The van der Waals surface area contributed by atoms with E-state index in [2.05, 4.69) is 13.8 Å². The highest BCUT2D eigenvalue weighted by atomic mass is 19.1. The molecule has 110 valence electrons. The lowest BCUT2D eigenvalue weighted by atomic mass is 9.85. The molecule has 0 aromatic heterocycles. The van der Waals surface area contributed by atoms with E-state index in [4.69, 9.17) is 5.73 Å². The van der Waals surface area contributed by atoms with Gasteiger partial charge in [0.15, 0.2) is 0 Å². The summed E-state index contributed by atoms with van der Waals surface area (Å²) in [7, 11) is 0. The minimum atomic E-state index is -1.18. The molecule has 1 aromatic carbocycles. The van der Waals surface area contributed by atoms with Gasteiger partial charge < -0.3 is 15.7 Å². The van der Waals surface area contributed by atoms with E-state index < -0.39 is 11.8 Å². The molecule has 0 radical (unpaired) electrons. The predicted octanol–water partition coefficient (Wildman–Crippen LogP) is 3.12. The number of aromatic carboxylic acids is 1. The fourth-order valence-corrected chi connectivity index (χ4v) is 2.73. The topological polar surface area (TPSA) is 66.6 Å². The first-order chi connectivity index (χ1) is 9.32. The van der Waals surface area contributed by atoms with Gasteiger partial charge in [-0.15, -0.1) is 0 Å². The van der Waals surface area contributed by atoms with Crippen molar-refractivity contribution in [2.45, 2.75) is 33.1 Å². The Morgan fingerprint density at radius 2 is 2.05 bits per heavy atom. The maximum absolute atomic E-state index is 13.5. The van der Waals surface area contributed by atoms with Crippen LogP contribution in [0.2, 0.25) is 0 Å². The first kappa shape index (κ1) is 14.6. The largest absolute Gasteiger partial charge is 0.478 e. The van der Waals surface area contributed by atoms with Gasteiger partial charge >= 0.3 is 5.97 Å². The van der Waals surface area contributed by atoms with Gasteiger partial charge in [-0.25, -0.2) is 9.18 Å². The quantitative estimate of drug-likeness (QED) is 0.817. The van der Waals surface area contributed by atoms with E-state index in [0.717, 1.165) is 32.4 Å². The molecule has 1 aromatic rings. The summed E-state index contributed by atoms with van der Waals surface area (Å²) in [6.45, 7) is 5.97. The lowest BCUT2D eigenvalue weighted by molar-refractivity contribution is 0.0698. The average molecular weight is 280 g/mol. The third-order valence-electron chi connectivity index (χ3n) is 4.06. The lowest BCUT2D eigenvalue weighted by Gasteiger charge is -2.26. The predicted molar refractivity (Wildman–Crippen MR) is 77.6 cm³/mol. The zero-order valence-electron chi connectivity index (χ0n) is 11.9. The Labute approximate surface area is 118 Å². The number of rotatable bonds is 2. The number of halogens is 1. The van der Waals surface area contributed by atoms with Gasteiger partial charge in [0.2, 0.25) is 0 Å². The van der Waals surface area contributed by atoms with Crippen LogP contribution in [0.1, 0.15) is 43.5 Å². The van der Waals surface area contributed by atoms with Gasteiger partial charge in [0, 0.05) is 13.1 Å². The number of carbonyl (C=O) groups is 1. The monoisotopic (exact) mass is 280 g/mol. The second kappa shape index (κ2) is 5.31. The van der Waals surface area contributed by atoms with Crippen LogP contribution in [0.5, 0.6) is 0 Å². The fourth-order valence-electron chi connectivity index (χ4n) is 2.73. The van der Waals surface area contributed by atoms with Crippen LogP contribution in [0.3, 0.4) is 0 Å². The third-order valence-corrected chi connectivity index (χ3v) is 4.06. The molecule has 20 heavy (non-hydrogen) atoms. The zero-order valence-corrected chi connectivity index (χ0v) is 11.9. The van der Waals surface area contributed by atoms with Crippen molar-refractivity contribution in [2.24, 2.45) is 5.41 Å². The maximum Gasteiger partial charge on any atom is 0.340 e. The first-order valence-corrected chi connectivity index (χ1v) is 6.88. The summed E-state index contributed by atoms with van der Waals surface area (Å²) < 4.78 is 13.5. The van der Waals surface area contributed by atoms with Crippen LogP contribution in [0.25, 0.3) is 0 Å². The zero-order chi connectivity index (χ0) is 14.9. The molecule has 1 aliphatic rings. The van der Waals surface area contributed by atoms with Gasteiger partial charge in [-0.3, -0.25) is 0 Å². The normalized spacial score (nSPS) is 18.6. The summed E-state index contributed by atoms with van der Waals surface area (Å²) in [6.07, 6.45) is 3.06. The van der Waals surface area contributed by atoms with Crippen molar-refractivity contribution in [1.82, 2.24) is 0 Å². The van der Waals surface area contributed by atoms with Crippen molar-refractivity contribution in [3.63, 3.8) is 0 Å². The fraction of sp³-hybridized carbons (Fsp3) is 0.533. The highest BCUT2D eigenvalue weighted by molar-refractivity contribution is 6.00. The van der Waals surface area contributed by atoms with E-state index in [1.54, 1.807) is 0 Å². The Kier molecular flexibility index (Phi) is 3.88. The Bertz CT molecular complexity index is 529. The number of anilines is 2. The van der Waals surface area contributed by atoms with Crippen molar-refractivity contribution < 1.29 is 14.3 Å². The minimum absolute atomic E-state index is 0.121. The van der Waals surface area contributed by atoms with Crippen LogP contribution in [0.4, 0.5) is 15.8 Å². The van der Waals surface area contributed by atoms with E-state index in [-0.39, 0.29) is 16.7 Å². The van der Waals surface area contributed by atoms with Gasteiger partial charge in [0.05, 0.1) is 11.4 Å². The molecule has 0 saturated carbocycles. The third kappa shape index (κ3) is 2.86. The molecule has 0 atom stereocenters. The van der Waals surface area contributed by atoms with E-state index in [1.807, 2.05) is 4.90 Å². The van der Waals surface area contributed by atoms with Crippen LogP contribution in [-0.2, 0) is 0 Å². The molecule has 1 fully saturated rings. The first-order valence-electron chi connectivity index (χ1n) is 6.88. The van der Waals surface area contributed by atoms with Gasteiger partial charge in [0.25, 0.3) is 0 Å². The van der Waals surface area contributed by atoms with Crippen molar-refractivity contribution in [3.05, 3.63) is 23.5 Å². The standard InChI is InChI=1S/C15H21FN2O2/c1-15(2)6-3-8-18(9-7-15)11-5-4-10(16)13(17)12(11)14(19)20/h4-5H,3,6-9,17H2,1-2H3,(H,19,20). The van der Waals surface area contributed by atoms with Crippen LogP contribution in [-0.4, -0.2) is 24.2 Å². The molecule has 0 amide bonds. The SMILES string of the molecule is CC1(C)CCCN(c2ccc(F)c(N)c2C(=O)O)CC1. The van der Waals surface area contributed by atoms with E-state index >= 15 is 0 Å². The lowest BCUT2D eigenvalue weighted by Crippen LogP contribution is -2.27. The van der Waals surface area contributed by atoms with Gasteiger partial charge in [0.1, 0.15) is 11.4 Å². The molecule has 5 heteroatoms. The summed E-state index contributed by atoms with van der Waals surface area (Å²) in [5.41, 5.74) is 5.98. The van der Waals surface area contributed by atoms with Crippen molar-refractivity contribution >= 4 is 17.3 Å². The van der Waals surface area contributed by atoms with Crippen molar-refractivity contribution in [2.75, 3.05) is 23.7 Å². The number of nitrogens with zero attached hydrogens (tertiary/aromatic N) is 1. The Balaban J connectivity index is 2.38. The second-order valence-electron chi connectivity index (χ2n) is 6.17. The van der Waals surface area contributed by atoms with E-state index in [9.17, 15) is 14.3 Å². The molecular weight excluding hydrogens is 259 g/mol. The summed E-state index contributed by atoms with van der Waals surface area (Å²) in [6, 6.07) is 2.76. The van der Waals surface area contributed by atoms with Gasteiger partial charge in [-0.1, -0.05) is 13.8 Å². The summed E-state index contributed by atoms with van der Waals surface area (Å²) >= 11 is 0. The molecule has 4 nitrogen and oxygen atoms in total. The molecule has 0 unspecified atom stereocenters. The number of nitrogens with two attached hydrogens (primary N) is 1. The van der Waals surface area contributed by atoms with Gasteiger partial charge in [-0.2, -0.15) is 0 Å². The highest BCUT2D eigenvalue weighted by Gasteiger charge is 2.26. The summed E-state index contributed by atoms with van der Waals surface area (Å²) in [4.78, 5) is 13.4. The Morgan fingerprint density at radius 1 is 1.35 bits per heavy atom. The van der Waals surface area contributed by atoms with Crippen LogP contribution < -0.4 is 10.6 Å². The van der Waals surface area contributed by atoms with E-state index in [0.29, 0.717) is 5.69 Å². The van der Waals surface area contributed by atoms with Crippen molar-refractivity contribution in [1.29, 1.82) is 0 Å². The molecule has 1 saturated heterocycles. The molecule has 0 spiro atoms. The molecule has 1 heterocycles. The number of benzene rings is 1. The molecule has 3 N–H and O–H groups in total. The number of carboxylic acid groups (broad SMARTS) is 1. The Hall–Kier alpha value is -1.78. The van der Waals surface area contributed by atoms with Crippen LogP contribution >= 0.6 is 0 Å². The minimum Gasteiger partial charge on any atom is -0.478 e. The maximum atomic E-state index is 13.5. The average Bonchev–Trinajstić information content (AvgIpc) is 2.53. The summed E-state index contributed by atoms with van der Waals surface area (Å²) in [5, 5.41) is 9.30. The number of nitrogen functional groups attached to an aromatic ring is 1. The molecule has 1 aliphatic heterocycles.